The number of nitrogens with two attached hydrogens (primary N) is 1. The Morgan fingerprint density at radius 1 is 1.60 bits per heavy atom. The molecule has 4 nitrogen and oxygen atoms in total. The Hall–Kier alpha value is -0.650. The average molecular weight is 291 g/mol. The highest BCUT2D eigenvalue weighted by molar-refractivity contribution is 9.10. The monoisotopic (exact) mass is 289 g/mol. The number of hydrogen-bond donors (Lipinski definition) is 1. The smallest absolute Gasteiger partial charge is 0.228 e. The van der Waals surface area contributed by atoms with Crippen LogP contribution in [0, 0.1) is 0 Å². The lowest BCUT2D eigenvalue weighted by atomic mass is 10.3. The maximum atomic E-state index is 11.6. The van der Waals surface area contributed by atoms with Crippen LogP contribution >= 0.6 is 27.5 Å². The van der Waals surface area contributed by atoms with E-state index in [0.717, 1.165) is 0 Å². The summed E-state index contributed by atoms with van der Waals surface area (Å²) in [6.45, 7) is 0.502. The van der Waals surface area contributed by atoms with Crippen LogP contribution in [0.3, 0.4) is 0 Å². The number of rotatable bonds is 1. The van der Waals surface area contributed by atoms with E-state index in [0.29, 0.717) is 28.4 Å². The van der Waals surface area contributed by atoms with Crippen molar-refractivity contribution in [2.24, 2.45) is 5.73 Å². The zero-order valence-corrected chi connectivity index (χ0v) is 10.1. The highest BCUT2D eigenvalue weighted by Crippen LogP contribution is 2.28. The molecule has 0 aromatic carbocycles. The van der Waals surface area contributed by atoms with E-state index in [9.17, 15) is 4.79 Å². The van der Waals surface area contributed by atoms with Gasteiger partial charge >= 0.3 is 0 Å². The van der Waals surface area contributed by atoms with Crippen LogP contribution in [0.2, 0.25) is 5.15 Å². The standard InChI is InChI=1S/C9H9BrClN3O/c10-7-2-1-6(9(11)13-7)14-4-5(12)3-8(14)15/h1-2,5H,3-4,12H2. The Labute approximate surface area is 101 Å². The third-order valence-electron chi connectivity index (χ3n) is 2.24. The molecule has 0 saturated carbocycles. The fraction of sp³-hybridized carbons (Fsp3) is 0.333. The topological polar surface area (TPSA) is 59.2 Å². The fourth-order valence-corrected chi connectivity index (χ4v) is 2.24. The third-order valence-corrected chi connectivity index (χ3v) is 2.96. The molecule has 1 aromatic heterocycles. The zero-order valence-electron chi connectivity index (χ0n) is 7.78. The quantitative estimate of drug-likeness (QED) is 0.799. The number of carbonyl (C=O) groups excluding carboxylic acids is 1. The summed E-state index contributed by atoms with van der Waals surface area (Å²) in [5, 5.41) is 0.312. The van der Waals surface area contributed by atoms with Crippen LogP contribution in [0.1, 0.15) is 6.42 Å². The molecule has 0 radical (unpaired) electrons. The van der Waals surface area contributed by atoms with Gasteiger partial charge in [-0.3, -0.25) is 4.79 Å². The minimum absolute atomic E-state index is 0.00600. The van der Waals surface area contributed by atoms with Gasteiger partial charge in [-0.15, -0.1) is 0 Å². The summed E-state index contributed by atoms with van der Waals surface area (Å²) in [5.74, 6) is -0.00600. The summed E-state index contributed by atoms with van der Waals surface area (Å²) in [5.41, 5.74) is 6.32. The maximum Gasteiger partial charge on any atom is 0.228 e. The molecule has 1 amide bonds. The largest absolute Gasteiger partial charge is 0.326 e. The molecule has 1 saturated heterocycles. The van der Waals surface area contributed by atoms with Gasteiger partial charge in [-0.2, -0.15) is 0 Å². The lowest BCUT2D eigenvalue weighted by molar-refractivity contribution is -0.117. The SMILES string of the molecule is NC1CC(=O)N(c2ccc(Br)nc2Cl)C1. The molecule has 1 aliphatic heterocycles. The number of hydrogen-bond acceptors (Lipinski definition) is 3. The van der Waals surface area contributed by atoms with Crippen LogP contribution in [-0.4, -0.2) is 23.5 Å². The number of carbonyl (C=O) groups is 1. The highest BCUT2D eigenvalue weighted by Gasteiger charge is 2.29. The summed E-state index contributed by atoms with van der Waals surface area (Å²) in [6, 6.07) is 3.39. The molecular weight excluding hydrogens is 281 g/mol. The molecule has 2 rings (SSSR count). The molecule has 2 N–H and O–H groups in total. The molecule has 0 bridgehead atoms. The first-order valence-electron chi connectivity index (χ1n) is 4.46. The molecule has 1 aliphatic rings. The van der Waals surface area contributed by atoms with Crippen molar-refractivity contribution in [2.45, 2.75) is 12.5 Å². The number of nitrogens with zero attached hydrogens (tertiary/aromatic N) is 2. The van der Waals surface area contributed by atoms with Crippen molar-refractivity contribution in [1.29, 1.82) is 0 Å². The maximum absolute atomic E-state index is 11.6. The second kappa shape index (κ2) is 4.08. The van der Waals surface area contributed by atoms with Crippen LogP contribution in [0.25, 0.3) is 0 Å². The minimum Gasteiger partial charge on any atom is -0.326 e. The molecule has 1 aromatic rings. The Bertz CT molecular complexity index is 412. The van der Waals surface area contributed by atoms with Crippen LogP contribution in [0.15, 0.2) is 16.7 Å². The van der Waals surface area contributed by atoms with Gasteiger partial charge in [0.05, 0.1) is 5.69 Å². The zero-order chi connectivity index (χ0) is 11.0. The molecular formula is C9H9BrClN3O. The Balaban J connectivity index is 2.34. The van der Waals surface area contributed by atoms with Crippen LogP contribution in [0.4, 0.5) is 5.69 Å². The number of aromatic nitrogens is 1. The van der Waals surface area contributed by atoms with E-state index in [1.54, 1.807) is 17.0 Å². The summed E-state index contributed by atoms with van der Waals surface area (Å²) in [4.78, 5) is 17.2. The summed E-state index contributed by atoms with van der Waals surface area (Å²) in [7, 11) is 0. The van der Waals surface area contributed by atoms with Crippen molar-refractivity contribution in [3.8, 4) is 0 Å². The molecule has 1 atom stereocenters. The van der Waals surface area contributed by atoms with Crippen LogP contribution < -0.4 is 10.6 Å². The first kappa shape index (κ1) is 10.9. The van der Waals surface area contributed by atoms with Gasteiger partial charge in [-0.25, -0.2) is 4.98 Å². The van der Waals surface area contributed by atoms with E-state index in [-0.39, 0.29) is 11.9 Å². The minimum atomic E-state index is -0.114. The van der Waals surface area contributed by atoms with Gasteiger partial charge in [0.15, 0.2) is 5.15 Å². The Kier molecular flexibility index (Phi) is 2.95. The number of anilines is 1. The van der Waals surface area contributed by atoms with Gasteiger partial charge in [0, 0.05) is 19.0 Å². The molecule has 0 spiro atoms. The van der Waals surface area contributed by atoms with E-state index in [4.69, 9.17) is 17.3 Å². The van der Waals surface area contributed by atoms with Gasteiger partial charge < -0.3 is 10.6 Å². The number of pyridine rings is 1. The normalized spacial score (nSPS) is 21.1. The van der Waals surface area contributed by atoms with Gasteiger partial charge in [-0.1, -0.05) is 11.6 Å². The second-order valence-electron chi connectivity index (χ2n) is 3.41. The fourth-order valence-electron chi connectivity index (χ4n) is 1.57. The molecule has 1 fully saturated rings. The summed E-state index contributed by atoms with van der Waals surface area (Å²) in [6.07, 6.45) is 0.367. The van der Waals surface area contributed by atoms with E-state index >= 15 is 0 Å². The van der Waals surface area contributed by atoms with Crippen LogP contribution in [-0.2, 0) is 4.79 Å². The van der Waals surface area contributed by atoms with Crippen molar-refractivity contribution in [1.82, 2.24) is 4.98 Å². The molecule has 2 heterocycles. The van der Waals surface area contributed by atoms with Gasteiger partial charge in [-0.05, 0) is 28.1 Å². The van der Waals surface area contributed by atoms with Crippen molar-refractivity contribution >= 4 is 39.1 Å². The molecule has 1 unspecified atom stereocenters. The van der Waals surface area contributed by atoms with Crippen molar-refractivity contribution in [2.75, 3.05) is 11.4 Å². The first-order valence-corrected chi connectivity index (χ1v) is 5.63. The van der Waals surface area contributed by atoms with Crippen LogP contribution in [0.5, 0.6) is 0 Å². The lowest BCUT2D eigenvalue weighted by Gasteiger charge is -2.16. The predicted molar refractivity (Wildman–Crippen MR) is 61.9 cm³/mol. The van der Waals surface area contributed by atoms with Crippen molar-refractivity contribution < 1.29 is 4.79 Å². The first-order chi connectivity index (χ1) is 7.08. The van der Waals surface area contributed by atoms with Gasteiger partial charge in [0.1, 0.15) is 4.60 Å². The molecule has 15 heavy (non-hydrogen) atoms. The summed E-state index contributed by atoms with van der Waals surface area (Å²) < 4.78 is 0.646. The molecule has 6 heteroatoms. The van der Waals surface area contributed by atoms with Crippen molar-refractivity contribution in [3.63, 3.8) is 0 Å². The molecule has 80 valence electrons. The predicted octanol–water partition coefficient (Wildman–Crippen LogP) is 1.56. The van der Waals surface area contributed by atoms with Gasteiger partial charge in [0.2, 0.25) is 5.91 Å². The van der Waals surface area contributed by atoms with E-state index in [2.05, 4.69) is 20.9 Å². The van der Waals surface area contributed by atoms with Crippen molar-refractivity contribution in [3.05, 3.63) is 21.9 Å². The average Bonchev–Trinajstić information content (AvgIpc) is 2.45. The second-order valence-corrected chi connectivity index (χ2v) is 4.58. The Morgan fingerprint density at radius 3 is 2.87 bits per heavy atom. The lowest BCUT2D eigenvalue weighted by Crippen LogP contribution is -2.28. The summed E-state index contributed by atoms with van der Waals surface area (Å²) >= 11 is 9.15. The van der Waals surface area contributed by atoms with E-state index in [1.165, 1.54) is 0 Å². The van der Waals surface area contributed by atoms with E-state index < -0.39 is 0 Å². The third kappa shape index (κ3) is 2.14. The highest BCUT2D eigenvalue weighted by atomic mass is 79.9. The number of halogens is 2. The van der Waals surface area contributed by atoms with E-state index in [1.807, 2.05) is 0 Å². The number of amides is 1. The van der Waals surface area contributed by atoms with Gasteiger partial charge in [0.25, 0.3) is 0 Å². The Morgan fingerprint density at radius 2 is 2.33 bits per heavy atom. The molecule has 0 aliphatic carbocycles.